The Hall–Kier alpha value is -0.240. The molecular formula is C9H21NO5. The highest BCUT2D eigenvalue weighted by Gasteiger charge is 2.03. The lowest BCUT2D eigenvalue weighted by molar-refractivity contribution is -0.0334. The van der Waals surface area contributed by atoms with Crippen molar-refractivity contribution in [2.24, 2.45) is 0 Å². The van der Waals surface area contributed by atoms with Gasteiger partial charge in [-0.15, -0.1) is 0 Å². The second-order valence-electron chi connectivity index (χ2n) is 2.91. The highest BCUT2D eigenvalue weighted by atomic mass is 16.7. The largest absolute Gasteiger partial charge is 0.389 e. The Kier molecular flexibility index (Phi) is 11.6. The van der Waals surface area contributed by atoms with E-state index in [0.717, 1.165) is 0 Å². The number of methoxy groups -OCH3 is 2. The Morgan fingerprint density at radius 3 is 2.40 bits per heavy atom. The number of rotatable bonds is 11. The van der Waals surface area contributed by atoms with Crippen molar-refractivity contribution in [2.45, 2.75) is 6.10 Å². The molecule has 0 rings (SSSR count). The zero-order valence-electron chi connectivity index (χ0n) is 9.40. The number of hydroxylamine groups is 1. The van der Waals surface area contributed by atoms with E-state index in [9.17, 15) is 5.11 Å². The van der Waals surface area contributed by atoms with Gasteiger partial charge in [0.1, 0.15) is 0 Å². The summed E-state index contributed by atoms with van der Waals surface area (Å²) in [5.74, 6) is 0. The summed E-state index contributed by atoms with van der Waals surface area (Å²) in [4.78, 5) is 4.96. The highest BCUT2D eigenvalue weighted by Crippen LogP contribution is 1.84. The van der Waals surface area contributed by atoms with Crippen molar-refractivity contribution in [1.29, 1.82) is 0 Å². The molecule has 0 saturated heterocycles. The molecule has 0 aromatic heterocycles. The lowest BCUT2D eigenvalue weighted by Gasteiger charge is -2.12. The van der Waals surface area contributed by atoms with Gasteiger partial charge in [-0.25, -0.2) is 0 Å². The number of aliphatic hydroxyl groups excluding tert-OH is 1. The van der Waals surface area contributed by atoms with E-state index in [1.165, 1.54) is 0 Å². The molecule has 2 N–H and O–H groups in total. The number of hydrogen-bond acceptors (Lipinski definition) is 6. The molecule has 0 aliphatic rings. The van der Waals surface area contributed by atoms with Crippen LogP contribution in [-0.2, 0) is 19.0 Å². The summed E-state index contributed by atoms with van der Waals surface area (Å²) >= 11 is 0. The smallest absolute Gasteiger partial charge is 0.0920 e. The SMILES string of the molecule is COCCOCC(O)CNOCCOC. The fourth-order valence-corrected chi connectivity index (χ4v) is 0.773. The topological polar surface area (TPSA) is 69.2 Å². The van der Waals surface area contributed by atoms with Crippen LogP contribution in [0.4, 0.5) is 0 Å². The third-order valence-corrected chi connectivity index (χ3v) is 1.55. The van der Waals surface area contributed by atoms with E-state index < -0.39 is 6.10 Å². The van der Waals surface area contributed by atoms with Gasteiger partial charge in [-0.3, -0.25) is 4.84 Å². The van der Waals surface area contributed by atoms with Crippen molar-refractivity contribution < 1.29 is 24.2 Å². The Labute approximate surface area is 90.4 Å². The molecule has 15 heavy (non-hydrogen) atoms. The maximum Gasteiger partial charge on any atom is 0.0920 e. The van der Waals surface area contributed by atoms with Crippen LogP contribution in [0.3, 0.4) is 0 Å². The molecule has 6 heteroatoms. The number of aliphatic hydroxyl groups is 1. The molecule has 0 fully saturated rings. The normalized spacial score (nSPS) is 13.0. The van der Waals surface area contributed by atoms with E-state index in [0.29, 0.717) is 33.0 Å². The van der Waals surface area contributed by atoms with Crippen molar-refractivity contribution in [1.82, 2.24) is 5.48 Å². The molecule has 6 nitrogen and oxygen atoms in total. The minimum atomic E-state index is -0.579. The first-order valence-corrected chi connectivity index (χ1v) is 4.89. The van der Waals surface area contributed by atoms with Gasteiger partial charge in [0.2, 0.25) is 0 Å². The summed E-state index contributed by atoms with van der Waals surface area (Å²) in [7, 11) is 3.20. The Bertz CT molecular complexity index is 125. The van der Waals surface area contributed by atoms with Gasteiger partial charge in [0.25, 0.3) is 0 Å². The van der Waals surface area contributed by atoms with Crippen LogP contribution in [0.15, 0.2) is 0 Å². The van der Waals surface area contributed by atoms with Crippen LogP contribution in [0.5, 0.6) is 0 Å². The highest BCUT2D eigenvalue weighted by molar-refractivity contribution is 4.53. The fraction of sp³-hybridized carbons (Fsp3) is 1.00. The van der Waals surface area contributed by atoms with Crippen LogP contribution in [0, 0.1) is 0 Å². The lowest BCUT2D eigenvalue weighted by atomic mass is 10.4. The summed E-state index contributed by atoms with van der Waals surface area (Å²) in [6, 6.07) is 0. The molecule has 0 radical (unpaired) electrons. The molecule has 0 saturated carbocycles. The molecule has 0 aromatic carbocycles. The van der Waals surface area contributed by atoms with E-state index >= 15 is 0 Å². The van der Waals surface area contributed by atoms with Gasteiger partial charge in [0.05, 0.1) is 39.1 Å². The van der Waals surface area contributed by atoms with Crippen molar-refractivity contribution >= 4 is 0 Å². The number of ether oxygens (including phenoxy) is 3. The summed E-state index contributed by atoms with van der Waals surface area (Å²) in [6.07, 6.45) is -0.579. The standard InChI is InChI=1S/C9H21NO5/c1-12-3-5-14-8-9(11)7-10-15-6-4-13-2/h9-11H,3-8H2,1-2H3. The number of nitrogens with one attached hydrogen (secondary N) is 1. The molecule has 0 spiro atoms. The van der Waals surface area contributed by atoms with Crippen molar-refractivity contribution in [2.75, 3.05) is 53.8 Å². The third kappa shape index (κ3) is 11.7. The zero-order chi connectivity index (χ0) is 11.4. The minimum Gasteiger partial charge on any atom is -0.389 e. The van der Waals surface area contributed by atoms with Crippen molar-refractivity contribution in [3.05, 3.63) is 0 Å². The van der Waals surface area contributed by atoms with Crippen LogP contribution in [0.25, 0.3) is 0 Å². The van der Waals surface area contributed by atoms with Crippen LogP contribution in [0.1, 0.15) is 0 Å². The monoisotopic (exact) mass is 223 g/mol. The number of hydrogen-bond donors (Lipinski definition) is 2. The Morgan fingerprint density at radius 2 is 1.73 bits per heavy atom. The molecule has 0 amide bonds. The molecular weight excluding hydrogens is 202 g/mol. The molecule has 0 aliphatic heterocycles. The van der Waals surface area contributed by atoms with Crippen LogP contribution in [0.2, 0.25) is 0 Å². The zero-order valence-corrected chi connectivity index (χ0v) is 9.40. The first-order chi connectivity index (χ1) is 7.31. The van der Waals surface area contributed by atoms with Crippen molar-refractivity contribution in [3.63, 3.8) is 0 Å². The molecule has 1 unspecified atom stereocenters. The fourth-order valence-electron chi connectivity index (χ4n) is 0.773. The first-order valence-electron chi connectivity index (χ1n) is 4.89. The van der Waals surface area contributed by atoms with Crippen LogP contribution < -0.4 is 5.48 Å². The first kappa shape index (κ1) is 14.8. The molecule has 0 heterocycles. The molecule has 1 atom stereocenters. The maximum absolute atomic E-state index is 9.37. The van der Waals surface area contributed by atoms with Gasteiger partial charge in [0.15, 0.2) is 0 Å². The van der Waals surface area contributed by atoms with Gasteiger partial charge in [-0.1, -0.05) is 0 Å². The van der Waals surface area contributed by atoms with Gasteiger partial charge >= 0.3 is 0 Å². The van der Waals surface area contributed by atoms with Crippen molar-refractivity contribution in [3.8, 4) is 0 Å². The predicted molar refractivity (Wildman–Crippen MR) is 54.5 cm³/mol. The summed E-state index contributed by atoms with van der Waals surface area (Å²) in [6.45, 7) is 2.59. The van der Waals surface area contributed by atoms with E-state index in [1.54, 1.807) is 14.2 Å². The molecule has 0 aromatic rings. The third-order valence-electron chi connectivity index (χ3n) is 1.55. The summed E-state index contributed by atoms with van der Waals surface area (Å²) in [5.41, 5.74) is 2.62. The van der Waals surface area contributed by atoms with Crippen LogP contribution in [-0.4, -0.2) is 65.0 Å². The van der Waals surface area contributed by atoms with Crippen LogP contribution >= 0.6 is 0 Å². The minimum absolute atomic E-state index is 0.268. The molecule has 92 valence electrons. The quantitative estimate of drug-likeness (QED) is 0.352. The molecule has 0 aliphatic carbocycles. The van der Waals surface area contributed by atoms with Gasteiger partial charge in [0, 0.05) is 20.8 Å². The Balaban J connectivity index is 3.08. The van der Waals surface area contributed by atoms with Gasteiger partial charge < -0.3 is 19.3 Å². The summed E-state index contributed by atoms with van der Waals surface area (Å²) in [5, 5.41) is 9.37. The average molecular weight is 223 g/mol. The van der Waals surface area contributed by atoms with E-state index in [2.05, 4.69) is 5.48 Å². The second kappa shape index (κ2) is 11.8. The second-order valence-corrected chi connectivity index (χ2v) is 2.91. The van der Waals surface area contributed by atoms with E-state index in [1.807, 2.05) is 0 Å². The predicted octanol–water partition coefficient (Wildman–Crippen LogP) is -0.822. The van der Waals surface area contributed by atoms with E-state index in [4.69, 9.17) is 19.0 Å². The maximum atomic E-state index is 9.37. The summed E-state index contributed by atoms with van der Waals surface area (Å²) < 4.78 is 14.7. The van der Waals surface area contributed by atoms with Gasteiger partial charge in [-0.2, -0.15) is 5.48 Å². The van der Waals surface area contributed by atoms with E-state index in [-0.39, 0.29) is 6.61 Å². The molecule has 0 bridgehead atoms. The van der Waals surface area contributed by atoms with Gasteiger partial charge in [-0.05, 0) is 0 Å². The average Bonchev–Trinajstić information content (AvgIpc) is 2.24. The lowest BCUT2D eigenvalue weighted by Crippen LogP contribution is -2.31. The Morgan fingerprint density at radius 1 is 1.07 bits per heavy atom.